The average Bonchev–Trinajstić information content (AvgIpc) is 3.32. The van der Waals surface area contributed by atoms with Crippen molar-refractivity contribution in [2.24, 2.45) is 5.16 Å². The lowest BCUT2D eigenvalue weighted by molar-refractivity contribution is -0.113. The van der Waals surface area contributed by atoms with Crippen molar-refractivity contribution >= 4 is 29.1 Å². The number of nitrogens with zero attached hydrogens (tertiary/aromatic N) is 4. The zero-order chi connectivity index (χ0) is 23.9. The lowest BCUT2D eigenvalue weighted by Gasteiger charge is -2.11. The van der Waals surface area contributed by atoms with Crippen LogP contribution in [0.5, 0.6) is 5.75 Å². The molecule has 4 rings (SSSR count). The summed E-state index contributed by atoms with van der Waals surface area (Å²) in [5.41, 5.74) is 3.72. The molecule has 2 N–H and O–H groups in total. The van der Waals surface area contributed by atoms with Gasteiger partial charge in [-0.15, -0.1) is 10.2 Å². The Balaban J connectivity index is 1.52. The molecule has 8 nitrogen and oxygen atoms in total. The van der Waals surface area contributed by atoms with Gasteiger partial charge in [-0.05, 0) is 61.0 Å². The molecule has 0 bridgehead atoms. The second kappa shape index (κ2) is 10.7. The molecule has 0 saturated heterocycles. The first-order valence-corrected chi connectivity index (χ1v) is 11.4. The molecule has 0 spiro atoms. The van der Waals surface area contributed by atoms with Gasteiger partial charge in [-0.1, -0.05) is 47.2 Å². The van der Waals surface area contributed by atoms with Gasteiger partial charge in [0, 0.05) is 16.9 Å². The summed E-state index contributed by atoms with van der Waals surface area (Å²) in [6.07, 6.45) is 0. The Morgan fingerprint density at radius 2 is 1.74 bits per heavy atom. The highest BCUT2D eigenvalue weighted by Gasteiger charge is 2.17. The summed E-state index contributed by atoms with van der Waals surface area (Å²) in [6.45, 7) is 1.70. The van der Waals surface area contributed by atoms with E-state index < -0.39 is 0 Å². The van der Waals surface area contributed by atoms with Crippen LogP contribution >= 0.6 is 11.8 Å². The van der Waals surface area contributed by atoms with Gasteiger partial charge in [0.2, 0.25) is 5.91 Å². The van der Waals surface area contributed by atoms with E-state index >= 15 is 0 Å². The SMILES string of the molecule is COc1ccc(-c2nnc(SCC(=O)Nc3ccc(/C(C)=N/O)cc3)n2-c2ccccc2)cc1. The minimum atomic E-state index is -0.168. The van der Waals surface area contributed by atoms with Crippen LogP contribution in [0.3, 0.4) is 0 Å². The Bertz CT molecular complexity index is 1290. The van der Waals surface area contributed by atoms with Crippen LogP contribution in [-0.2, 0) is 4.79 Å². The predicted octanol–water partition coefficient (Wildman–Crippen LogP) is 4.87. The minimum absolute atomic E-state index is 0.159. The zero-order valence-corrected chi connectivity index (χ0v) is 19.5. The van der Waals surface area contributed by atoms with Crippen molar-refractivity contribution in [1.82, 2.24) is 14.8 Å². The number of para-hydroxylation sites is 1. The number of anilines is 1. The molecule has 1 amide bonds. The molecular formula is C25H23N5O3S. The van der Waals surface area contributed by atoms with Gasteiger partial charge in [0.1, 0.15) is 5.75 Å². The molecule has 0 aliphatic carbocycles. The van der Waals surface area contributed by atoms with Crippen molar-refractivity contribution in [1.29, 1.82) is 0 Å². The normalized spacial score (nSPS) is 11.3. The molecule has 0 unspecified atom stereocenters. The van der Waals surface area contributed by atoms with Crippen LogP contribution in [-0.4, -0.2) is 44.5 Å². The number of ether oxygens (including phenoxy) is 1. The topological polar surface area (TPSA) is 102 Å². The van der Waals surface area contributed by atoms with E-state index in [2.05, 4.69) is 20.7 Å². The second-order valence-electron chi connectivity index (χ2n) is 7.31. The van der Waals surface area contributed by atoms with Crippen LogP contribution in [0.1, 0.15) is 12.5 Å². The Labute approximate surface area is 201 Å². The summed E-state index contributed by atoms with van der Waals surface area (Å²) >= 11 is 1.30. The molecular weight excluding hydrogens is 450 g/mol. The molecule has 1 aromatic heterocycles. The first kappa shape index (κ1) is 23.1. The number of nitrogens with one attached hydrogen (secondary N) is 1. The summed E-state index contributed by atoms with van der Waals surface area (Å²) in [5.74, 6) is 1.42. The fourth-order valence-corrected chi connectivity index (χ4v) is 4.03. The average molecular weight is 474 g/mol. The Morgan fingerprint density at radius 1 is 1.03 bits per heavy atom. The lowest BCUT2D eigenvalue weighted by atomic mass is 10.1. The van der Waals surface area contributed by atoms with Gasteiger partial charge < -0.3 is 15.3 Å². The molecule has 0 aliphatic heterocycles. The van der Waals surface area contributed by atoms with Gasteiger partial charge in [-0.25, -0.2) is 0 Å². The van der Waals surface area contributed by atoms with E-state index in [-0.39, 0.29) is 11.7 Å². The maximum atomic E-state index is 12.6. The van der Waals surface area contributed by atoms with Crippen LogP contribution < -0.4 is 10.1 Å². The molecule has 0 radical (unpaired) electrons. The molecule has 0 fully saturated rings. The highest BCUT2D eigenvalue weighted by molar-refractivity contribution is 7.99. The minimum Gasteiger partial charge on any atom is -0.497 e. The van der Waals surface area contributed by atoms with Gasteiger partial charge in [0.25, 0.3) is 0 Å². The number of benzene rings is 3. The van der Waals surface area contributed by atoms with E-state index in [1.54, 1.807) is 38.3 Å². The summed E-state index contributed by atoms with van der Waals surface area (Å²) in [5, 5.41) is 24.3. The van der Waals surface area contributed by atoms with E-state index in [0.717, 1.165) is 22.6 Å². The van der Waals surface area contributed by atoms with Crippen LogP contribution in [0.4, 0.5) is 5.69 Å². The van der Waals surface area contributed by atoms with Crippen molar-refractivity contribution < 1.29 is 14.7 Å². The number of methoxy groups -OCH3 is 1. The Hall–Kier alpha value is -4.11. The number of carbonyl (C=O) groups excluding carboxylic acids is 1. The highest BCUT2D eigenvalue weighted by atomic mass is 32.2. The second-order valence-corrected chi connectivity index (χ2v) is 8.25. The fraction of sp³-hybridized carbons (Fsp3) is 0.120. The third-order valence-electron chi connectivity index (χ3n) is 5.06. The number of oxime groups is 1. The molecule has 1 heterocycles. The van der Waals surface area contributed by atoms with Crippen LogP contribution in [0, 0.1) is 0 Å². The van der Waals surface area contributed by atoms with Crippen LogP contribution in [0.25, 0.3) is 17.1 Å². The summed E-state index contributed by atoms with van der Waals surface area (Å²) < 4.78 is 7.19. The van der Waals surface area contributed by atoms with Gasteiger partial charge >= 0.3 is 0 Å². The van der Waals surface area contributed by atoms with Crippen molar-refractivity contribution in [3.05, 3.63) is 84.4 Å². The van der Waals surface area contributed by atoms with Crippen LogP contribution in [0.15, 0.2) is 89.2 Å². The number of amides is 1. The first-order valence-electron chi connectivity index (χ1n) is 10.5. The summed E-state index contributed by atoms with van der Waals surface area (Å²) in [4.78, 5) is 12.6. The number of thioether (sulfide) groups is 1. The number of rotatable bonds is 8. The van der Waals surface area contributed by atoms with Gasteiger partial charge in [-0.3, -0.25) is 9.36 Å². The standard InChI is InChI=1S/C25H23N5O3S/c1-17(29-32)18-8-12-20(13-9-18)26-23(31)16-34-25-28-27-24(19-10-14-22(33-2)15-11-19)30(25)21-6-4-3-5-7-21/h3-15,32H,16H2,1-2H3,(H,26,31)/b29-17+. The molecule has 0 atom stereocenters. The Kier molecular flexibility index (Phi) is 7.24. The smallest absolute Gasteiger partial charge is 0.234 e. The van der Waals surface area contributed by atoms with E-state index in [1.165, 1.54) is 11.8 Å². The number of aromatic nitrogens is 3. The number of carbonyl (C=O) groups is 1. The van der Waals surface area contributed by atoms with E-state index in [9.17, 15) is 4.79 Å². The maximum Gasteiger partial charge on any atom is 0.234 e. The highest BCUT2D eigenvalue weighted by Crippen LogP contribution is 2.29. The third kappa shape index (κ3) is 5.26. The molecule has 4 aromatic rings. The molecule has 172 valence electrons. The van der Waals surface area contributed by atoms with Crippen molar-refractivity contribution in [3.63, 3.8) is 0 Å². The molecule has 3 aromatic carbocycles. The monoisotopic (exact) mass is 473 g/mol. The molecule has 0 saturated carbocycles. The predicted molar refractivity (Wildman–Crippen MR) is 133 cm³/mol. The van der Waals surface area contributed by atoms with Crippen molar-refractivity contribution in [2.45, 2.75) is 12.1 Å². The first-order chi connectivity index (χ1) is 16.6. The van der Waals surface area contributed by atoms with Gasteiger partial charge in [0.15, 0.2) is 11.0 Å². The molecule has 0 aliphatic rings. The maximum absolute atomic E-state index is 12.6. The number of hydrogen-bond acceptors (Lipinski definition) is 7. The van der Waals surface area contributed by atoms with Crippen molar-refractivity contribution in [3.8, 4) is 22.8 Å². The number of hydrogen-bond donors (Lipinski definition) is 2. The Morgan fingerprint density at radius 3 is 2.38 bits per heavy atom. The summed E-state index contributed by atoms with van der Waals surface area (Å²) in [7, 11) is 1.63. The quantitative estimate of drug-likeness (QED) is 0.164. The molecule has 34 heavy (non-hydrogen) atoms. The van der Waals surface area contributed by atoms with E-state index in [1.807, 2.05) is 59.2 Å². The van der Waals surface area contributed by atoms with Crippen LogP contribution in [0.2, 0.25) is 0 Å². The van der Waals surface area contributed by atoms with Gasteiger partial charge in [-0.2, -0.15) is 0 Å². The van der Waals surface area contributed by atoms with E-state index in [4.69, 9.17) is 9.94 Å². The van der Waals surface area contributed by atoms with E-state index in [0.29, 0.717) is 22.4 Å². The van der Waals surface area contributed by atoms with Gasteiger partial charge in [0.05, 0.1) is 18.6 Å². The fourth-order valence-electron chi connectivity index (χ4n) is 3.28. The summed E-state index contributed by atoms with van der Waals surface area (Å²) in [6, 6.07) is 24.5. The van der Waals surface area contributed by atoms with Crippen molar-refractivity contribution in [2.75, 3.05) is 18.2 Å². The largest absolute Gasteiger partial charge is 0.497 e. The zero-order valence-electron chi connectivity index (χ0n) is 18.7. The third-order valence-corrected chi connectivity index (χ3v) is 5.99. The lowest BCUT2D eigenvalue weighted by Crippen LogP contribution is -2.14. The molecule has 9 heteroatoms.